The van der Waals surface area contributed by atoms with Crippen molar-refractivity contribution in [3.8, 4) is 0 Å². The first-order valence-electron chi connectivity index (χ1n) is 6.85. The number of hydrogen-bond acceptors (Lipinski definition) is 7. The summed E-state index contributed by atoms with van der Waals surface area (Å²) in [4.78, 5) is 33.3. The number of carbonyl (C=O) groups is 3. The van der Waals surface area contributed by atoms with Crippen LogP contribution in [0.15, 0.2) is 0 Å². The van der Waals surface area contributed by atoms with Crippen LogP contribution in [0.5, 0.6) is 0 Å². The van der Waals surface area contributed by atoms with Crippen LogP contribution >= 0.6 is 0 Å². The molecule has 1 aliphatic rings. The lowest BCUT2D eigenvalue weighted by atomic mass is 9.83. The predicted octanol–water partition coefficient (Wildman–Crippen LogP) is 1.04. The molecule has 1 heterocycles. The number of carbonyl (C=O) groups excluding carboxylic acids is 3. The topological polar surface area (TPSA) is 88.1 Å². The zero-order valence-corrected chi connectivity index (χ0v) is 13.0. The molecule has 120 valence electrons. The molecule has 0 bridgehead atoms. The fraction of sp³-hybridized carbons (Fsp3) is 0.786. The second-order valence-electron chi connectivity index (χ2n) is 5.25. The maximum atomic E-state index is 11.2. The highest BCUT2D eigenvalue weighted by Crippen LogP contribution is 2.33. The zero-order chi connectivity index (χ0) is 16.2. The maximum absolute atomic E-state index is 11.2. The summed E-state index contributed by atoms with van der Waals surface area (Å²) in [6.45, 7) is 7.68. The molecule has 7 heteroatoms. The van der Waals surface area contributed by atoms with E-state index in [2.05, 4.69) is 0 Å². The largest absolute Gasteiger partial charge is 0.463 e. The van der Waals surface area contributed by atoms with Crippen LogP contribution in [-0.4, -0.2) is 43.0 Å². The summed E-state index contributed by atoms with van der Waals surface area (Å²) in [5.74, 6) is -1.58. The van der Waals surface area contributed by atoms with Crippen LogP contribution in [0, 0.1) is 11.8 Å². The van der Waals surface area contributed by atoms with Crippen LogP contribution in [0.3, 0.4) is 0 Å². The highest BCUT2D eigenvalue weighted by atomic mass is 16.7. The van der Waals surface area contributed by atoms with Crippen LogP contribution in [0.2, 0.25) is 0 Å². The van der Waals surface area contributed by atoms with Crippen LogP contribution < -0.4 is 0 Å². The monoisotopic (exact) mass is 302 g/mol. The molecule has 0 aromatic rings. The third-order valence-corrected chi connectivity index (χ3v) is 3.55. The molecule has 1 rings (SSSR count). The summed E-state index contributed by atoms with van der Waals surface area (Å²) < 4.78 is 20.9. The molecule has 1 saturated heterocycles. The molecule has 0 saturated carbocycles. The molecule has 0 aromatic carbocycles. The third-order valence-electron chi connectivity index (χ3n) is 3.55. The minimum absolute atomic E-state index is 0.0412. The van der Waals surface area contributed by atoms with E-state index in [1.165, 1.54) is 20.8 Å². The molecule has 1 aliphatic heterocycles. The summed E-state index contributed by atoms with van der Waals surface area (Å²) in [6.07, 6.45) is -2.12. The van der Waals surface area contributed by atoms with Crippen molar-refractivity contribution in [3.63, 3.8) is 0 Å². The van der Waals surface area contributed by atoms with E-state index in [4.69, 9.17) is 18.9 Å². The second-order valence-corrected chi connectivity index (χ2v) is 5.25. The van der Waals surface area contributed by atoms with Gasteiger partial charge >= 0.3 is 17.9 Å². The summed E-state index contributed by atoms with van der Waals surface area (Å²) in [7, 11) is 0. The molecule has 0 aromatic heterocycles. The van der Waals surface area contributed by atoms with Gasteiger partial charge in [0, 0.05) is 26.7 Å². The first-order valence-corrected chi connectivity index (χ1v) is 6.85. The van der Waals surface area contributed by atoms with Crippen LogP contribution in [0.4, 0.5) is 0 Å². The van der Waals surface area contributed by atoms with E-state index < -0.39 is 36.4 Å². The van der Waals surface area contributed by atoms with Gasteiger partial charge in [-0.25, -0.2) is 0 Å². The second kappa shape index (κ2) is 7.40. The van der Waals surface area contributed by atoms with Crippen molar-refractivity contribution in [1.82, 2.24) is 0 Å². The number of esters is 3. The average molecular weight is 302 g/mol. The molecule has 0 spiro atoms. The standard InChI is InChI=1S/C14H22O7/c1-7-8(2)13(19-10(4)16)14(20-11(5)17)21-12(7)6-18-9(3)15/h7-8,12-14H,6H2,1-5H3/t7-,8?,12?,13+,14-/m1/s1. The van der Waals surface area contributed by atoms with Crippen molar-refractivity contribution in [1.29, 1.82) is 0 Å². The van der Waals surface area contributed by atoms with Gasteiger partial charge in [-0.1, -0.05) is 13.8 Å². The molecule has 0 N–H and O–H groups in total. The van der Waals surface area contributed by atoms with Crippen molar-refractivity contribution < 1.29 is 33.3 Å². The molecule has 5 atom stereocenters. The van der Waals surface area contributed by atoms with E-state index in [-0.39, 0.29) is 18.4 Å². The summed E-state index contributed by atoms with van der Waals surface area (Å²) in [5, 5.41) is 0. The average Bonchev–Trinajstić information content (AvgIpc) is 2.35. The Morgan fingerprint density at radius 1 is 0.905 bits per heavy atom. The van der Waals surface area contributed by atoms with Gasteiger partial charge in [-0.3, -0.25) is 14.4 Å². The number of ether oxygens (including phenoxy) is 4. The smallest absolute Gasteiger partial charge is 0.305 e. The van der Waals surface area contributed by atoms with Gasteiger partial charge in [0.15, 0.2) is 6.10 Å². The maximum Gasteiger partial charge on any atom is 0.305 e. The van der Waals surface area contributed by atoms with Crippen molar-refractivity contribution in [2.45, 2.75) is 53.1 Å². The Hall–Kier alpha value is -1.63. The lowest BCUT2D eigenvalue weighted by molar-refractivity contribution is -0.271. The van der Waals surface area contributed by atoms with Crippen molar-refractivity contribution in [2.24, 2.45) is 11.8 Å². The number of hydrogen-bond donors (Lipinski definition) is 0. The highest BCUT2D eigenvalue weighted by molar-refractivity contribution is 5.67. The molecular weight excluding hydrogens is 280 g/mol. The van der Waals surface area contributed by atoms with Gasteiger partial charge in [0.1, 0.15) is 6.61 Å². The van der Waals surface area contributed by atoms with Gasteiger partial charge in [-0.2, -0.15) is 0 Å². The van der Waals surface area contributed by atoms with Gasteiger partial charge in [0.05, 0.1) is 6.10 Å². The Morgan fingerprint density at radius 3 is 1.95 bits per heavy atom. The van der Waals surface area contributed by atoms with E-state index in [1.807, 2.05) is 13.8 Å². The Labute approximate surface area is 123 Å². The first kappa shape index (κ1) is 17.4. The fourth-order valence-corrected chi connectivity index (χ4v) is 2.26. The Morgan fingerprint density at radius 2 is 1.48 bits per heavy atom. The van der Waals surface area contributed by atoms with Crippen LogP contribution in [-0.2, 0) is 33.3 Å². The van der Waals surface area contributed by atoms with E-state index in [0.29, 0.717) is 0 Å². The quantitative estimate of drug-likeness (QED) is 0.566. The van der Waals surface area contributed by atoms with E-state index in [0.717, 1.165) is 0 Å². The van der Waals surface area contributed by atoms with Crippen LogP contribution in [0.1, 0.15) is 34.6 Å². The van der Waals surface area contributed by atoms with Crippen LogP contribution in [0.25, 0.3) is 0 Å². The minimum Gasteiger partial charge on any atom is -0.463 e. The molecule has 0 amide bonds. The van der Waals surface area contributed by atoms with Gasteiger partial charge in [-0.05, 0) is 5.92 Å². The predicted molar refractivity (Wildman–Crippen MR) is 70.9 cm³/mol. The molecule has 0 aliphatic carbocycles. The summed E-state index contributed by atoms with van der Waals surface area (Å²) in [5.41, 5.74) is 0. The summed E-state index contributed by atoms with van der Waals surface area (Å²) in [6, 6.07) is 0. The van der Waals surface area contributed by atoms with E-state index in [1.54, 1.807) is 0 Å². The van der Waals surface area contributed by atoms with E-state index in [9.17, 15) is 14.4 Å². The zero-order valence-electron chi connectivity index (χ0n) is 13.0. The Kier molecular flexibility index (Phi) is 6.14. The molecule has 7 nitrogen and oxygen atoms in total. The van der Waals surface area contributed by atoms with E-state index >= 15 is 0 Å². The fourth-order valence-electron chi connectivity index (χ4n) is 2.26. The number of rotatable bonds is 4. The minimum atomic E-state index is -1.00. The highest BCUT2D eigenvalue weighted by Gasteiger charge is 2.45. The Balaban J connectivity index is 2.84. The molecule has 2 unspecified atom stereocenters. The molecule has 1 fully saturated rings. The summed E-state index contributed by atoms with van der Waals surface area (Å²) >= 11 is 0. The molecule has 21 heavy (non-hydrogen) atoms. The van der Waals surface area contributed by atoms with Gasteiger partial charge in [0.25, 0.3) is 0 Å². The normalized spacial score (nSPS) is 32.1. The van der Waals surface area contributed by atoms with Crippen molar-refractivity contribution in [2.75, 3.05) is 6.61 Å². The van der Waals surface area contributed by atoms with Gasteiger partial charge in [0.2, 0.25) is 6.29 Å². The van der Waals surface area contributed by atoms with Gasteiger partial charge in [-0.15, -0.1) is 0 Å². The Bertz CT molecular complexity index is 404. The molecule has 0 radical (unpaired) electrons. The van der Waals surface area contributed by atoms with Gasteiger partial charge < -0.3 is 18.9 Å². The van der Waals surface area contributed by atoms with Crippen molar-refractivity contribution >= 4 is 17.9 Å². The first-order chi connectivity index (χ1) is 9.72. The molecular formula is C14H22O7. The van der Waals surface area contributed by atoms with Crippen molar-refractivity contribution in [3.05, 3.63) is 0 Å². The third kappa shape index (κ3) is 5.00. The lowest BCUT2D eigenvalue weighted by Gasteiger charge is -2.42. The SMILES string of the molecule is CC(=O)OCC1O[C@@H](OC(C)=O)[C@@H](OC(C)=O)C(C)[C@H]1C. The lowest BCUT2D eigenvalue weighted by Crippen LogP contribution is -2.53.